The molecule has 0 amide bonds. The molecule has 0 aromatic heterocycles. The molecule has 5 aliphatic carbocycles. The lowest BCUT2D eigenvalue weighted by molar-refractivity contribution is -0.312. The first-order valence-electron chi connectivity index (χ1n) is 17.0. The van der Waals surface area contributed by atoms with E-state index in [2.05, 4.69) is 38.7 Å². The summed E-state index contributed by atoms with van der Waals surface area (Å²) in [5.74, 6) is 1.97. The number of methoxy groups -OCH3 is 1. The summed E-state index contributed by atoms with van der Waals surface area (Å²) >= 11 is 0. The number of rotatable bonds is 10. The quantitative estimate of drug-likeness (QED) is 0.192. The number of carbonyl (C=O) groups is 1. The number of aliphatic hydroxyl groups is 1. The maximum absolute atomic E-state index is 13.0. The van der Waals surface area contributed by atoms with E-state index in [0.717, 1.165) is 76.0 Å². The summed E-state index contributed by atoms with van der Waals surface area (Å²) in [6.45, 7) is 13.0. The fourth-order valence-corrected chi connectivity index (χ4v) is 10.5. The third kappa shape index (κ3) is 3.76. The van der Waals surface area contributed by atoms with Gasteiger partial charge in [0.15, 0.2) is 11.5 Å². The van der Waals surface area contributed by atoms with Gasteiger partial charge in [0, 0.05) is 48.4 Å². The van der Waals surface area contributed by atoms with Crippen LogP contribution in [0.2, 0.25) is 0 Å². The molecule has 7 atom stereocenters. The van der Waals surface area contributed by atoms with Crippen molar-refractivity contribution in [1.82, 2.24) is 4.90 Å². The number of piperidine rings is 1. The van der Waals surface area contributed by atoms with Crippen molar-refractivity contribution in [2.45, 2.75) is 140 Å². The van der Waals surface area contributed by atoms with Gasteiger partial charge < -0.3 is 19.3 Å². The number of benzene rings is 1. The zero-order valence-corrected chi connectivity index (χ0v) is 26.9. The van der Waals surface area contributed by atoms with Gasteiger partial charge in [-0.2, -0.15) is 0 Å². The van der Waals surface area contributed by atoms with E-state index in [-0.39, 0.29) is 34.2 Å². The number of carbonyl (C=O) groups excluding carboxylic acids is 1. The molecule has 2 spiro atoms. The Hall–Kier alpha value is -1.63. The Morgan fingerprint density at radius 2 is 1.90 bits per heavy atom. The van der Waals surface area contributed by atoms with Gasteiger partial charge in [-0.25, -0.2) is 0 Å². The molecule has 4 saturated carbocycles. The molecule has 2 heterocycles. The minimum Gasteiger partial charge on any atom is -0.482 e. The van der Waals surface area contributed by atoms with Crippen LogP contribution in [0.25, 0.3) is 0 Å². The molecule has 1 saturated heterocycles. The molecule has 8 rings (SSSR count). The highest BCUT2D eigenvalue weighted by atomic mass is 16.6. The topological polar surface area (TPSA) is 68.2 Å². The molecule has 2 aliphatic heterocycles. The minimum absolute atomic E-state index is 0.00791. The highest BCUT2D eigenvalue weighted by Crippen LogP contribution is 2.78. The molecule has 4 bridgehead atoms. The van der Waals surface area contributed by atoms with Gasteiger partial charge in [-0.05, 0) is 87.8 Å². The molecule has 7 aliphatic rings. The van der Waals surface area contributed by atoms with Gasteiger partial charge in [-0.15, -0.1) is 0 Å². The second kappa shape index (κ2) is 9.68. The van der Waals surface area contributed by atoms with Crippen molar-refractivity contribution < 1.29 is 24.1 Å². The van der Waals surface area contributed by atoms with Gasteiger partial charge in [-0.3, -0.25) is 9.69 Å². The van der Waals surface area contributed by atoms with Crippen LogP contribution in [0, 0.1) is 22.7 Å². The highest BCUT2D eigenvalue weighted by molar-refractivity contribution is 5.75. The lowest BCUT2D eigenvalue weighted by Crippen LogP contribution is -2.83. The Morgan fingerprint density at radius 1 is 1.12 bits per heavy atom. The molecule has 1 aromatic carbocycles. The third-order valence-corrected chi connectivity index (χ3v) is 13.3. The minimum atomic E-state index is -0.945. The summed E-state index contributed by atoms with van der Waals surface area (Å²) < 4.78 is 20.0. The summed E-state index contributed by atoms with van der Waals surface area (Å²) in [5.41, 5.74) is 0.591. The standard InChI is InChI=1S/C36H53NO5/c1-7-8-9-10-11-28(38)41-25-15-14-24-20-27-34-16-17-36(40-6,26(21-34)33(5,39)32(2,3)4)31-35(34,29(24)30(25)42-31)18-19-37(27)22-23-12-13-23/h14-15,23,26-27,31,39H,7-13,16-22H2,1-6H3/t26-,27-,31-,33+,34-,35+,36-/m1/s1. The largest absolute Gasteiger partial charge is 0.482 e. The van der Waals surface area contributed by atoms with E-state index < -0.39 is 11.2 Å². The molecule has 5 fully saturated rings. The van der Waals surface area contributed by atoms with Gasteiger partial charge in [0.1, 0.15) is 11.7 Å². The van der Waals surface area contributed by atoms with Gasteiger partial charge in [-0.1, -0.05) is 53.0 Å². The van der Waals surface area contributed by atoms with Gasteiger partial charge >= 0.3 is 5.97 Å². The van der Waals surface area contributed by atoms with E-state index in [1.807, 2.05) is 20.1 Å². The van der Waals surface area contributed by atoms with Gasteiger partial charge in [0.25, 0.3) is 0 Å². The van der Waals surface area contributed by atoms with Crippen LogP contribution in [0.5, 0.6) is 11.5 Å². The van der Waals surface area contributed by atoms with Crippen LogP contribution in [-0.2, 0) is 21.4 Å². The first kappa shape index (κ1) is 29.1. The van der Waals surface area contributed by atoms with E-state index in [9.17, 15) is 9.90 Å². The lowest BCUT2D eigenvalue weighted by atomic mass is 9.33. The summed E-state index contributed by atoms with van der Waals surface area (Å²) in [6, 6.07) is 4.66. The van der Waals surface area contributed by atoms with Crippen LogP contribution in [-0.4, -0.2) is 59.5 Å². The van der Waals surface area contributed by atoms with E-state index in [1.54, 1.807) is 0 Å². The Kier molecular flexibility index (Phi) is 6.71. The molecular formula is C36H53NO5. The monoisotopic (exact) mass is 579 g/mol. The number of hydrogen-bond acceptors (Lipinski definition) is 6. The first-order chi connectivity index (χ1) is 19.9. The number of hydrogen-bond donors (Lipinski definition) is 1. The highest BCUT2D eigenvalue weighted by Gasteiger charge is 2.82. The number of likely N-dealkylation sites (tertiary alicyclic amines) is 1. The molecule has 1 N–H and O–H groups in total. The predicted molar refractivity (Wildman–Crippen MR) is 163 cm³/mol. The Morgan fingerprint density at radius 3 is 2.60 bits per heavy atom. The van der Waals surface area contributed by atoms with E-state index in [0.29, 0.717) is 18.2 Å². The van der Waals surface area contributed by atoms with Crippen LogP contribution in [0.15, 0.2) is 12.1 Å². The SMILES string of the molecule is CCCCCCC(=O)Oc1ccc2c3c1O[C@H]1[C@@]4(OC)CC[C@@]5(C[C@@H]4[C@](C)(O)C(C)(C)C)[C@@H](C2)N(CC2CC2)CC[C@]315. The lowest BCUT2D eigenvalue weighted by Gasteiger charge is -2.75. The van der Waals surface area contributed by atoms with Crippen molar-refractivity contribution in [1.29, 1.82) is 0 Å². The van der Waals surface area contributed by atoms with Crippen molar-refractivity contribution in [3.05, 3.63) is 23.3 Å². The molecule has 232 valence electrons. The molecule has 6 heteroatoms. The smallest absolute Gasteiger partial charge is 0.311 e. The normalized spacial score (nSPS) is 37.6. The zero-order chi connectivity index (χ0) is 29.7. The Labute approximate surface area is 252 Å². The van der Waals surface area contributed by atoms with E-state index in [4.69, 9.17) is 14.2 Å². The van der Waals surface area contributed by atoms with Gasteiger partial charge in [0.05, 0.1) is 5.60 Å². The van der Waals surface area contributed by atoms with E-state index >= 15 is 0 Å². The number of unbranched alkanes of at least 4 members (excludes halogenated alkanes) is 3. The first-order valence-corrected chi connectivity index (χ1v) is 17.0. The summed E-state index contributed by atoms with van der Waals surface area (Å²) in [4.78, 5) is 15.9. The van der Waals surface area contributed by atoms with Crippen LogP contribution >= 0.6 is 0 Å². The van der Waals surface area contributed by atoms with Crippen LogP contribution < -0.4 is 9.47 Å². The fraction of sp³-hybridized carbons (Fsp3) is 0.806. The fourth-order valence-electron chi connectivity index (χ4n) is 10.5. The second-order valence-electron chi connectivity index (χ2n) is 16.1. The molecular weight excluding hydrogens is 526 g/mol. The second-order valence-corrected chi connectivity index (χ2v) is 16.1. The number of esters is 1. The molecule has 0 unspecified atom stereocenters. The molecule has 42 heavy (non-hydrogen) atoms. The van der Waals surface area contributed by atoms with E-state index in [1.165, 1.54) is 30.5 Å². The average molecular weight is 580 g/mol. The van der Waals surface area contributed by atoms with Crippen molar-refractivity contribution in [3.8, 4) is 11.5 Å². The average Bonchev–Trinajstić information content (AvgIpc) is 3.69. The summed E-state index contributed by atoms with van der Waals surface area (Å²) in [7, 11) is 1.84. The van der Waals surface area contributed by atoms with Gasteiger partial charge in [0.2, 0.25) is 0 Å². The molecule has 0 radical (unpaired) electrons. The van der Waals surface area contributed by atoms with Crippen LogP contribution in [0.4, 0.5) is 0 Å². The number of nitrogens with zero attached hydrogens (tertiary/aromatic N) is 1. The van der Waals surface area contributed by atoms with Crippen LogP contribution in [0.3, 0.4) is 0 Å². The van der Waals surface area contributed by atoms with Crippen molar-refractivity contribution in [3.63, 3.8) is 0 Å². The molecule has 1 aromatic rings. The Bertz CT molecular complexity index is 1250. The zero-order valence-electron chi connectivity index (χ0n) is 26.9. The number of fused-ring (bicyclic) bond motifs is 2. The summed E-state index contributed by atoms with van der Waals surface area (Å²) in [5, 5.41) is 12.4. The summed E-state index contributed by atoms with van der Waals surface area (Å²) in [6.07, 6.45) is 12.1. The van der Waals surface area contributed by atoms with Crippen molar-refractivity contribution in [2.24, 2.45) is 22.7 Å². The number of ether oxygens (including phenoxy) is 3. The Balaban J connectivity index is 1.35. The predicted octanol–water partition coefficient (Wildman–Crippen LogP) is 6.58. The third-order valence-electron chi connectivity index (χ3n) is 13.3. The van der Waals surface area contributed by atoms with Crippen LogP contribution in [0.1, 0.15) is 116 Å². The van der Waals surface area contributed by atoms with Crippen molar-refractivity contribution in [2.75, 3.05) is 20.2 Å². The maximum Gasteiger partial charge on any atom is 0.311 e. The maximum atomic E-state index is 13.0. The van der Waals surface area contributed by atoms with Crippen molar-refractivity contribution >= 4 is 5.97 Å². The molecule has 6 nitrogen and oxygen atoms in total.